The Morgan fingerprint density at radius 2 is 2.12 bits per heavy atom. The van der Waals surface area contributed by atoms with Gasteiger partial charge in [-0.15, -0.1) is 0 Å². The largest absolute Gasteiger partial charge is 0.476 e. The van der Waals surface area contributed by atoms with Gasteiger partial charge in [0.05, 0.1) is 16.4 Å². The zero-order valence-corrected chi connectivity index (χ0v) is 10.3. The molecule has 0 bridgehead atoms. The molecule has 1 aromatic heterocycles. The fourth-order valence-electron chi connectivity index (χ4n) is 1.48. The number of benzene rings is 1. The second kappa shape index (κ2) is 4.39. The first-order valence-electron chi connectivity index (χ1n) is 4.75. The van der Waals surface area contributed by atoms with Crippen molar-refractivity contribution in [3.63, 3.8) is 0 Å². The van der Waals surface area contributed by atoms with E-state index in [1.807, 2.05) is 0 Å². The molecular weight excluding hydrogens is 263 g/mol. The summed E-state index contributed by atoms with van der Waals surface area (Å²) in [6.07, 6.45) is 0. The van der Waals surface area contributed by atoms with E-state index in [1.165, 1.54) is 4.68 Å². The molecule has 1 heterocycles. The maximum Gasteiger partial charge on any atom is 0.358 e. The molecule has 0 spiro atoms. The molecule has 88 valence electrons. The predicted octanol–water partition coefficient (Wildman–Crippen LogP) is 3.19. The first-order valence-corrected chi connectivity index (χ1v) is 5.50. The van der Waals surface area contributed by atoms with E-state index in [1.54, 1.807) is 31.2 Å². The van der Waals surface area contributed by atoms with Gasteiger partial charge in [0, 0.05) is 5.02 Å². The molecule has 2 aromatic rings. The van der Waals surface area contributed by atoms with Crippen molar-refractivity contribution in [1.29, 1.82) is 0 Å². The third kappa shape index (κ3) is 2.14. The van der Waals surface area contributed by atoms with Crippen molar-refractivity contribution in [1.82, 2.24) is 9.78 Å². The summed E-state index contributed by atoms with van der Waals surface area (Å²) in [5.41, 5.74) is 1.07. The molecule has 0 atom stereocenters. The third-order valence-electron chi connectivity index (χ3n) is 2.30. The molecule has 0 saturated heterocycles. The Hall–Kier alpha value is -1.52. The van der Waals surface area contributed by atoms with E-state index < -0.39 is 5.97 Å². The number of carbonyl (C=O) groups is 1. The minimum atomic E-state index is -1.15. The van der Waals surface area contributed by atoms with Crippen molar-refractivity contribution in [2.75, 3.05) is 0 Å². The van der Waals surface area contributed by atoms with E-state index in [4.69, 9.17) is 28.3 Å². The molecule has 0 radical (unpaired) electrons. The van der Waals surface area contributed by atoms with E-state index in [9.17, 15) is 4.79 Å². The highest BCUT2D eigenvalue weighted by Gasteiger charge is 2.19. The summed E-state index contributed by atoms with van der Waals surface area (Å²) in [4.78, 5) is 10.9. The summed E-state index contributed by atoms with van der Waals surface area (Å²) in [5.74, 6) is -1.15. The Balaban J connectivity index is 2.61. The van der Waals surface area contributed by atoms with E-state index >= 15 is 0 Å². The summed E-state index contributed by atoms with van der Waals surface area (Å²) >= 11 is 11.8. The lowest BCUT2D eigenvalue weighted by Gasteiger charge is -2.03. The van der Waals surface area contributed by atoms with Crippen LogP contribution in [0.25, 0.3) is 5.69 Å². The zero-order chi connectivity index (χ0) is 12.6. The van der Waals surface area contributed by atoms with Gasteiger partial charge in [-0.3, -0.25) is 0 Å². The fraction of sp³-hybridized carbons (Fsp3) is 0.0909. The molecule has 2 rings (SSSR count). The monoisotopic (exact) mass is 270 g/mol. The number of hydrogen-bond acceptors (Lipinski definition) is 2. The van der Waals surface area contributed by atoms with E-state index in [0.29, 0.717) is 16.4 Å². The van der Waals surface area contributed by atoms with E-state index in [-0.39, 0.29) is 10.7 Å². The van der Waals surface area contributed by atoms with Crippen LogP contribution in [0.4, 0.5) is 0 Å². The van der Waals surface area contributed by atoms with Crippen LogP contribution in [0.3, 0.4) is 0 Å². The molecule has 1 N–H and O–H groups in total. The first-order chi connectivity index (χ1) is 8.00. The average Bonchev–Trinajstić information content (AvgIpc) is 2.56. The van der Waals surface area contributed by atoms with Crippen LogP contribution < -0.4 is 0 Å². The van der Waals surface area contributed by atoms with Crippen LogP contribution in [0, 0.1) is 6.92 Å². The Bertz CT molecular complexity index is 593. The van der Waals surface area contributed by atoms with Crippen LogP contribution in [-0.4, -0.2) is 20.9 Å². The van der Waals surface area contributed by atoms with Crippen molar-refractivity contribution < 1.29 is 9.90 Å². The summed E-state index contributed by atoms with van der Waals surface area (Å²) in [6, 6.07) is 6.94. The number of rotatable bonds is 2. The van der Waals surface area contributed by atoms with Gasteiger partial charge >= 0.3 is 5.97 Å². The number of nitrogens with zero attached hydrogens (tertiary/aromatic N) is 2. The molecule has 0 fully saturated rings. The van der Waals surface area contributed by atoms with Gasteiger partial charge in [-0.2, -0.15) is 5.10 Å². The summed E-state index contributed by atoms with van der Waals surface area (Å²) in [5, 5.41) is 13.5. The minimum absolute atomic E-state index is 0.137. The quantitative estimate of drug-likeness (QED) is 0.912. The van der Waals surface area contributed by atoms with Gasteiger partial charge in [-0.25, -0.2) is 9.48 Å². The smallest absolute Gasteiger partial charge is 0.358 e. The highest BCUT2D eigenvalue weighted by Crippen LogP contribution is 2.24. The van der Waals surface area contributed by atoms with Gasteiger partial charge < -0.3 is 5.11 Å². The molecule has 0 aliphatic heterocycles. The second-order valence-corrected chi connectivity index (χ2v) is 4.26. The van der Waals surface area contributed by atoms with Crippen LogP contribution in [0.5, 0.6) is 0 Å². The van der Waals surface area contributed by atoms with Gasteiger partial charge in [-0.1, -0.05) is 29.3 Å². The molecule has 1 aromatic carbocycles. The van der Waals surface area contributed by atoms with Crippen LogP contribution >= 0.6 is 23.2 Å². The Labute approximate surface area is 107 Å². The Kier molecular flexibility index (Phi) is 3.09. The van der Waals surface area contributed by atoms with Gasteiger partial charge in [0.15, 0.2) is 5.69 Å². The third-order valence-corrected chi connectivity index (χ3v) is 2.99. The SMILES string of the molecule is Cc1c(Cl)c(C(=O)O)nn1-c1cccc(Cl)c1. The summed E-state index contributed by atoms with van der Waals surface area (Å²) in [7, 11) is 0. The number of carboxylic acid groups (broad SMARTS) is 1. The second-order valence-electron chi connectivity index (χ2n) is 3.44. The molecule has 17 heavy (non-hydrogen) atoms. The van der Waals surface area contributed by atoms with Gasteiger partial charge in [0.25, 0.3) is 0 Å². The van der Waals surface area contributed by atoms with Crippen molar-refractivity contribution in [3.8, 4) is 5.69 Å². The summed E-state index contributed by atoms with van der Waals surface area (Å²) < 4.78 is 1.46. The Morgan fingerprint density at radius 3 is 2.65 bits per heavy atom. The van der Waals surface area contributed by atoms with Crippen molar-refractivity contribution >= 4 is 29.2 Å². The zero-order valence-electron chi connectivity index (χ0n) is 8.82. The molecule has 0 aliphatic carbocycles. The maximum absolute atomic E-state index is 10.9. The van der Waals surface area contributed by atoms with Gasteiger partial charge in [0.1, 0.15) is 0 Å². The molecule has 0 saturated carbocycles. The standard InChI is InChI=1S/C11H8Cl2N2O2/c1-6-9(13)10(11(16)17)14-15(6)8-4-2-3-7(12)5-8/h2-5H,1H3,(H,16,17). The number of aromatic carboxylic acids is 1. The van der Waals surface area contributed by atoms with E-state index in [0.717, 1.165) is 0 Å². The molecule has 6 heteroatoms. The molecule has 0 unspecified atom stereocenters. The lowest BCUT2D eigenvalue weighted by atomic mass is 10.3. The van der Waals surface area contributed by atoms with Crippen LogP contribution in [0.15, 0.2) is 24.3 Å². The number of halogens is 2. The van der Waals surface area contributed by atoms with Gasteiger partial charge in [-0.05, 0) is 25.1 Å². The molecular formula is C11H8Cl2N2O2. The van der Waals surface area contributed by atoms with Crippen molar-refractivity contribution in [3.05, 3.63) is 45.7 Å². The minimum Gasteiger partial charge on any atom is -0.476 e. The van der Waals surface area contributed by atoms with Crippen molar-refractivity contribution in [2.45, 2.75) is 6.92 Å². The van der Waals surface area contributed by atoms with E-state index in [2.05, 4.69) is 5.10 Å². The van der Waals surface area contributed by atoms with Crippen LogP contribution in [0.2, 0.25) is 10.0 Å². The number of hydrogen-bond donors (Lipinski definition) is 1. The highest BCUT2D eigenvalue weighted by molar-refractivity contribution is 6.34. The predicted molar refractivity (Wildman–Crippen MR) is 65.3 cm³/mol. The van der Waals surface area contributed by atoms with Gasteiger partial charge in [0.2, 0.25) is 0 Å². The molecule has 4 nitrogen and oxygen atoms in total. The Morgan fingerprint density at radius 1 is 1.41 bits per heavy atom. The number of carboxylic acids is 1. The fourth-order valence-corrected chi connectivity index (χ4v) is 1.86. The summed E-state index contributed by atoms with van der Waals surface area (Å²) in [6.45, 7) is 1.70. The lowest BCUT2D eigenvalue weighted by Crippen LogP contribution is -2.02. The maximum atomic E-state index is 10.9. The topological polar surface area (TPSA) is 55.1 Å². The lowest BCUT2D eigenvalue weighted by molar-refractivity contribution is 0.0690. The molecule has 0 amide bonds. The highest BCUT2D eigenvalue weighted by atomic mass is 35.5. The van der Waals surface area contributed by atoms with Crippen molar-refractivity contribution in [2.24, 2.45) is 0 Å². The van der Waals surface area contributed by atoms with Crippen LogP contribution in [-0.2, 0) is 0 Å². The normalized spacial score (nSPS) is 10.5. The molecule has 0 aliphatic rings. The number of aromatic nitrogens is 2. The average molecular weight is 271 g/mol. The first kappa shape index (κ1) is 12.0. The van der Waals surface area contributed by atoms with Crippen LogP contribution in [0.1, 0.15) is 16.2 Å².